The molecule has 1 aliphatic rings. The molecule has 0 saturated carbocycles. The second-order valence-electron chi connectivity index (χ2n) is 6.83. The fourth-order valence-corrected chi connectivity index (χ4v) is 3.36. The quantitative estimate of drug-likeness (QED) is 0.783. The summed E-state index contributed by atoms with van der Waals surface area (Å²) >= 11 is 0. The van der Waals surface area contributed by atoms with E-state index in [0.29, 0.717) is 42.7 Å². The molecule has 29 heavy (non-hydrogen) atoms. The number of halogens is 1. The van der Waals surface area contributed by atoms with Crippen molar-refractivity contribution >= 4 is 23.5 Å². The number of nitrogens with zero attached hydrogens (tertiary/aromatic N) is 1. The summed E-state index contributed by atoms with van der Waals surface area (Å²) in [7, 11) is 0. The van der Waals surface area contributed by atoms with Crippen molar-refractivity contribution in [2.24, 2.45) is 5.92 Å². The summed E-state index contributed by atoms with van der Waals surface area (Å²) in [4.78, 5) is 38.9. The fourth-order valence-electron chi connectivity index (χ4n) is 3.36. The molecule has 2 amide bonds. The molecule has 1 aliphatic heterocycles. The van der Waals surface area contributed by atoms with Gasteiger partial charge in [0.15, 0.2) is 0 Å². The third kappa shape index (κ3) is 4.99. The summed E-state index contributed by atoms with van der Waals surface area (Å²) in [5.41, 5.74) is 1.02. The van der Waals surface area contributed by atoms with Crippen molar-refractivity contribution in [2.75, 3.05) is 25.0 Å². The van der Waals surface area contributed by atoms with Crippen LogP contribution in [-0.2, 0) is 9.53 Å². The first-order valence-corrected chi connectivity index (χ1v) is 9.61. The number of benzene rings is 2. The predicted octanol–water partition coefficient (Wildman–Crippen LogP) is 3.49. The van der Waals surface area contributed by atoms with Crippen LogP contribution in [0.5, 0.6) is 0 Å². The van der Waals surface area contributed by atoms with Crippen LogP contribution in [0.25, 0.3) is 0 Å². The summed E-state index contributed by atoms with van der Waals surface area (Å²) < 4.78 is 18.4. The highest BCUT2D eigenvalue weighted by atomic mass is 19.1. The largest absolute Gasteiger partial charge is 0.462 e. The molecule has 2 aromatic rings. The molecule has 3 rings (SSSR count). The van der Waals surface area contributed by atoms with Gasteiger partial charge >= 0.3 is 5.97 Å². The summed E-state index contributed by atoms with van der Waals surface area (Å²) in [6.07, 6.45) is 0.989. The summed E-state index contributed by atoms with van der Waals surface area (Å²) in [6, 6.07) is 12.3. The first-order valence-electron chi connectivity index (χ1n) is 9.61. The van der Waals surface area contributed by atoms with Crippen molar-refractivity contribution in [3.8, 4) is 0 Å². The van der Waals surface area contributed by atoms with Crippen molar-refractivity contribution in [2.45, 2.75) is 19.8 Å². The Hall–Kier alpha value is -3.22. The van der Waals surface area contributed by atoms with E-state index in [0.717, 1.165) is 0 Å². The van der Waals surface area contributed by atoms with E-state index in [9.17, 15) is 18.8 Å². The zero-order valence-corrected chi connectivity index (χ0v) is 16.2. The zero-order chi connectivity index (χ0) is 20.8. The highest BCUT2D eigenvalue weighted by Crippen LogP contribution is 2.23. The Kier molecular flexibility index (Phi) is 6.59. The van der Waals surface area contributed by atoms with Crippen LogP contribution in [0.3, 0.4) is 0 Å². The maximum Gasteiger partial charge on any atom is 0.340 e. The van der Waals surface area contributed by atoms with Crippen LogP contribution in [0, 0.1) is 11.7 Å². The van der Waals surface area contributed by atoms with E-state index in [-0.39, 0.29) is 24.3 Å². The summed E-state index contributed by atoms with van der Waals surface area (Å²) in [5, 5.41) is 2.81. The number of piperidine rings is 1. The molecule has 0 bridgehead atoms. The van der Waals surface area contributed by atoms with Crippen LogP contribution in [0.4, 0.5) is 10.1 Å². The summed E-state index contributed by atoms with van der Waals surface area (Å²) in [6.45, 7) is 2.79. The number of rotatable bonds is 5. The van der Waals surface area contributed by atoms with Crippen LogP contribution in [0.15, 0.2) is 48.5 Å². The number of hydrogen-bond acceptors (Lipinski definition) is 4. The van der Waals surface area contributed by atoms with Crippen LogP contribution in [-0.4, -0.2) is 42.4 Å². The third-order valence-corrected chi connectivity index (χ3v) is 4.90. The van der Waals surface area contributed by atoms with Crippen molar-refractivity contribution in [1.82, 2.24) is 4.90 Å². The highest BCUT2D eigenvalue weighted by molar-refractivity contribution is 6.02. The molecule has 0 radical (unpaired) electrons. The lowest BCUT2D eigenvalue weighted by Gasteiger charge is -2.31. The van der Waals surface area contributed by atoms with Gasteiger partial charge in [-0.2, -0.15) is 0 Å². The highest BCUT2D eigenvalue weighted by Gasteiger charge is 2.28. The van der Waals surface area contributed by atoms with Gasteiger partial charge < -0.3 is 15.0 Å². The number of likely N-dealkylation sites (tertiary alicyclic amines) is 1. The Morgan fingerprint density at radius 3 is 2.52 bits per heavy atom. The number of esters is 1. The minimum atomic E-state index is -0.487. The summed E-state index contributed by atoms with van der Waals surface area (Å²) in [5.74, 6) is -1.65. The molecule has 7 heteroatoms. The molecule has 0 aromatic heterocycles. The Bertz CT molecular complexity index is 907. The van der Waals surface area contributed by atoms with E-state index in [1.54, 1.807) is 42.2 Å². The number of ether oxygens (including phenoxy) is 1. The van der Waals surface area contributed by atoms with Gasteiger partial charge in [0, 0.05) is 24.6 Å². The van der Waals surface area contributed by atoms with E-state index in [4.69, 9.17) is 4.74 Å². The first kappa shape index (κ1) is 20.5. The minimum Gasteiger partial charge on any atom is -0.462 e. The minimum absolute atomic E-state index is 0.195. The van der Waals surface area contributed by atoms with Crippen LogP contribution < -0.4 is 5.32 Å². The van der Waals surface area contributed by atoms with Gasteiger partial charge in [-0.25, -0.2) is 9.18 Å². The van der Waals surface area contributed by atoms with Crippen molar-refractivity contribution in [3.63, 3.8) is 0 Å². The van der Waals surface area contributed by atoms with Gasteiger partial charge in [-0.1, -0.05) is 18.2 Å². The molecule has 0 spiro atoms. The van der Waals surface area contributed by atoms with Crippen LogP contribution in [0.2, 0.25) is 0 Å². The fraction of sp³-hybridized carbons (Fsp3) is 0.318. The Morgan fingerprint density at radius 1 is 1.10 bits per heavy atom. The number of amides is 2. The molecular formula is C22H23FN2O4. The lowest BCUT2D eigenvalue weighted by atomic mass is 9.95. The molecule has 152 valence electrons. The normalized spacial score (nSPS) is 14.3. The van der Waals surface area contributed by atoms with Gasteiger partial charge in [-0.15, -0.1) is 0 Å². The molecule has 1 saturated heterocycles. The molecule has 0 atom stereocenters. The number of para-hydroxylation sites is 1. The Labute approximate surface area is 168 Å². The molecule has 0 unspecified atom stereocenters. The zero-order valence-electron chi connectivity index (χ0n) is 16.2. The molecule has 0 aliphatic carbocycles. The SMILES string of the molecule is CCOC(=O)c1ccccc1NC(=O)C1CCN(C(=O)c2cccc(F)c2)CC1. The monoisotopic (exact) mass is 398 g/mol. The van der Waals surface area contributed by atoms with E-state index in [1.165, 1.54) is 18.2 Å². The van der Waals surface area contributed by atoms with E-state index in [1.807, 2.05) is 0 Å². The lowest BCUT2D eigenvalue weighted by molar-refractivity contribution is -0.121. The van der Waals surface area contributed by atoms with Crippen molar-refractivity contribution in [1.29, 1.82) is 0 Å². The smallest absolute Gasteiger partial charge is 0.340 e. The van der Waals surface area contributed by atoms with Gasteiger partial charge in [-0.3, -0.25) is 9.59 Å². The third-order valence-electron chi connectivity index (χ3n) is 4.90. The number of anilines is 1. The average Bonchev–Trinajstić information content (AvgIpc) is 2.74. The van der Waals surface area contributed by atoms with Gasteiger partial charge in [0.25, 0.3) is 5.91 Å². The van der Waals surface area contributed by atoms with Crippen molar-refractivity contribution < 1.29 is 23.5 Å². The number of hydrogen-bond donors (Lipinski definition) is 1. The van der Waals surface area contributed by atoms with Crippen molar-refractivity contribution in [3.05, 3.63) is 65.5 Å². The predicted molar refractivity (Wildman–Crippen MR) is 106 cm³/mol. The first-order chi connectivity index (χ1) is 14.0. The van der Waals surface area contributed by atoms with Gasteiger partial charge in [0.2, 0.25) is 5.91 Å². The molecule has 1 N–H and O–H groups in total. The average molecular weight is 398 g/mol. The Morgan fingerprint density at radius 2 is 1.83 bits per heavy atom. The molecule has 6 nitrogen and oxygen atoms in total. The van der Waals surface area contributed by atoms with E-state index in [2.05, 4.69) is 5.32 Å². The molecular weight excluding hydrogens is 375 g/mol. The second-order valence-corrected chi connectivity index (χ2v) is 6.83. The maximum atomic E-state index is 13.4. The van der Waals surface area contributed by atoms with Gasteiger partial charge in [0.1, 0.15) is 5.82 Å². The lowest BCUT2D eigenvalue weighted by Crippen LogP contribution is -2.41. The van der Waals surface area contributed by atoms with Gasteiger partial charge in [-0.05, 0) is 50.1 Å². The van der Waals surface area contributed by atoms with Gasteiger partial charge in [0.05, 0.1) is 17.9 Å². The van der Waals surface area contributed by atoms with E-state index >= 15 is 0 Å². The van der Waals surface area contributed by atoms with Crippen LogP contribution >= 0.6 is 0 Å². The number of carbonyl (C=O) groups is 3. The second kappa shape index (κ2) is 9.32. The number of nitrogens with one attached hydrogen (secondary N) is 1. The molecule has 1 heterocycles. The Balaban J connectivity index is 1.60. The van der Waals surface area contributed by atoms with E-state index < -0.39 is 11.8 Å². The number of carbonyl (C=O) groups excluding carboxylic acids is 3. The topological polar surface area (TPSA) is 75.7 Å². The molecule has 2 aromatic carbocycles. The maximum absolute atomic E-state index is 13.4. The standard InChI is InChI=1S/C22H23FN2O4/c1-2-29-22(28)18-8-3-4-9-19(18)24-20(26)15-10-12-25(13-11-15)21(27)16-6-5-7-17(23)14-16/h3-9,14-15H,2,10-13H2,1H3,(H,24,26). The van der Waals surface area contributed by atoms with Crippen LogP contribution in [0.1, 0.15) is 40.5 Å². The molecule has 1 fully saturated rings.